The van der Waals surface area contributed by atoms with Crippen molar-refractivity contribution < 1.29 is 0 Å². The third-order valence-electron chi connectivity index (χ3n) is 3.44. The Morgan fingerprint density at radius 3 is 2.47 bits per heavy atom. The van der Waals surface area contributed by atoms with Crippen LogP contribution in [0.15, 0.2) is 12.1 Å². The van der Waals surface area contributed by atoms with Gasteiger partial charge in [-0.2, -0.15) is 0 Å². The molecule has 1 aliphatic heterocycles. The average Bonchev–Trinajstić information content (AvgIpc) is 2.09. The molecule has 15 heavy (non-hydrogen) atoms. The Kier molecular flexibility index (Phi) is 2.29. The number of aryl methyl sites for hydroxylation is 2. The second kappa shape index (κ2) is 3.26. The minimum absolute atomic E-state index is 0.227. The topological polar surface area (TPSA) is 12.0 Å². The first-order valence-corrected chi connectivity index (χ1v) is 5.79. The van der Waals surface area contributed by atoms with E-state index >= 15 is 0 Å². The monoisotopic (exact) mass is 203 g/mol. The van der Waals surface area contributed by atoms with E-state index in [1.54, 1.807) is 0 Å². The average molecular weight is 203 g/mol. The van der Waals surface area contributed by atoms with Crippen molar-refractivity contribution in [2.24, 2.45) is 0 Å². The summed E-state index contributed by atoms with van der Waals surface area (Å²) >= 11 is 0. The molecule has 0 bridgehead atoms. The van der Waals surface area contributed by atoms with E-state index in [2.05, 4.69) is 52.1 Å². The van der Waals surface area contributed by atoms with E-state index in [1.165, 1.54) is 28.8 Å². The Labute approximate surface area is 92.9 Å². The minimum Gasteiger partial charge on any atom is -0.380 e. The molecule has 1 heteroatoms. The summed E-state index contributed by atoms with van der Waals surface area (Å²) in [5.41, 5.74) is 5.92. The van der Waals surface area contributed by atoms with Crippen molar-refractivity contribution in [3.63, 3.8) is 0 Å². The number of rotatable bonds is 0. The molecule has 1 heterocycles. The smallest absolute Gasteiger partial charge is 0.0411 e. The lowest BCUT2D eigenvalue weighted by molar-refractivity contribution is 0.452. The van der Waals surface area contributed by atoms with Crippen molar-refractivity contribution in [3.8, 4) is 0 Å². The SMILES string of the molecule is Cc1ccc(C)c2c1NC(C)(C)CC2C. The van der Waals surface area contributed by atoms with Crippen LogP contribution < -0.4 is 5.32 Å². The molecule has 1 N–H and O–H groups in total. The zero-order valence-corrected chi connectivity index (χ0v) is 10.4. The zero-order chi connectivity index (χ0) is 11.2. The van der Waals surface area contributed by atoms with Crippen molar-refractivity contribution in [3.05, 3.63) is 28.8 Å². The molecule has 82 valence electrons. The lowest BCUT2D eigenvalue weighted by atomic mass is 9.79. The van der Waals surface area contributed by atoms with E-state index in [9.17, 15) is 0 Å². The molecule has 0 spiro atoms. The third-order valence-corrected chi connectivity index (χ3v) is 3.44. The zero-order valence-electron chi connectivity index (χ0n) is 10.4. The summed E-state index contributed by atoms with van der Waals surface area (Å²) < 4.78 is 0. The highest BCUT2D eigenvalue weighted by Gasteiger charge is 2.30. The highest BCUT2D eigenvalue weighted by Crippen LogP contribution is 2.41. The molecule has 1 aromatic carbocycles. The van der Waals surface area contributed by atoms with E-state index in [0.717, 1.165) is 0 Å². The normalized spacial score (nSPS) is 23.1. The van der Waals surface area contributed by atoms with E-state index in [4.69, 9.17) is 0 Å². The van der Waals surface area contributed by atoms with Crippen LogP contribution in [0.1, 0.15) is 49.8 Å². The second-order valence-corrected chi connectivity index (χ2v) is 5.60. The highest BCUT2D eigenvalue weighted by atomic mass is 15.0. The minimum atomic E-state index is 0.227. The van der Waals surface area contributed by atoms with Gasteiger partial charge >= 0.3 is 0 Å². The summed E-state index contributed by atoms with van der Waals surface area (Å²) in [5.74, 6) is 0.663. The Morgan fingerprint density at radius 1 is 1.20 bits per heavy atom. The number of hydrogen-bond acceptors (Lipinski definition) is 1. The van der Waals surface area contributed by atoms with Crippen molar-refractivity contribution in [2.45, 2.75) is 52.5 Å². The van der Waals surface area contributed by atoms with Gasteiger partial charge in [0.1, 0.15) is 0 Å². The molecule has 0 radical (unpaired) electrons. The van der Waals surface area contributed by atoms with Crippen LogP contribution in [-0.4, -0.2) is 5.54 Å². The summed E-state index contributed by atoms with van der Waals surface area (Å²) in [6, 6.07) is 4.46. The molecule has 1 nitrogen and oxygen atoms in total. The van der Waals surface area contributed by atoms with Crippen LogP contribution in [0.5, 0.6) is 0 Å². The van der Waals surface area contributed by atoms with Gasteiger partial charge in [-0.3, -0.25) is 0 Å². The van der Waals surface area contributed by atoms with Gasteiger partial charge in [-0.1, -0.05) is 19.1 Å². The molecule has 1 aromatic rings. The standard InChI is InChI=1S/C14H21N/c1-9-6-7-10(2)13-12(9)11(3)8-14(4,5)15-13/h6-7,11,15H,8H2,1-5H3. The molecular weight excluding hydrogens is 182 g/mol. The summed E-state index contributed by atoms with van der Waals surface area (Å²) in [4.78, 5) is 0. The van der Waals surface area contributed by atoms with Gasteiger partial charge in [0.25, 0.3) is 0 Å². The quantitative estimate of drug-likeness (QED) is 0.672. The maximum Gasteiger partial charge on any atom is 0.0411 e. The van der Waals surface area contributed by atoms with Gasteiger partial charge in [0, 0.05) is 11.2 Å². The molecule has 1 aliphatic rings. The molecule has 0 fully saturated rings. The van der Waals surface area contributed by atoms with Crippen LogP contribution in [-0.2, 0) is 0 Å². The molecule has 1 unspecified atom stereocenters. The maximum absolute atomic E-state index is 3.68. The molecule has 0 aliphatic carbocycles. The number of benzene rings is 1. The second-order valence-electron chi connectivity index (χ2n) is 5.60. The fraction of sp³-hybridized carbons (Fsp3) is 0.571. The highest BCUT2D eigenvalue weighted by molar-refractivity contribution is 5.64. The first-order chi connectivity index (χ1) is 6.91. The molecule has 1 atom stereocenters. The van der Waals surface area contributed by atoms with E-state index < -0.39 is 0 Å². The number of nitrogens with one attached hydrogen (secondary N) is 1. The Bertz CT molecular complexity index is 391. The van der Waals surface area contributed by atoms with Gasteiger partial charge in [-0.15, -0.1) is 0 Å². The summed E-state index contributed by atoms with van der Waals surface area (Å²) in [6.07, 6.45) is 1.21. The predicted octanol–water partition coefficient (Wildman–Crippen LogP) is 4.00. The van der Waals surface area contributed by atoms with E-state index in [1.807, 2.05) is 0 Å². The lowest BCUT2D eigenvalue weighted by Gasteiger charge is -2.39. The van der Waals surface area contributed by atoms with Crippen LogP contribution in [0.2, 0.25) is 0 Å². The van der Waals surface area contributed by atoms with Gasteiger partial charge in [-0.05, 0) is 56.7 Å². The van der Waals surface area contributed by atoms with Crippen LogP contribution in [0.3, 0.4) is 0 Å². The van der Waals surface area contributed by atoms with Gasteiger partial charge in [0.05, 0.1) is 0 Å². The number of anilines is 1. The van der Waals surface area contributed by atoms with E-state index in [0.29, 0.717) is 5.92 Å². The number of hydrogen-bond donors (Lipinski definition) is 1. The molecule has 0 saturated carbocycles. The van der Waals surface area contributed by atoms with Crippen LogP contribution in [0, 0.1) is 13.8 Å². The first kappa shape index (κ1) is 10.5. The number of fused-ring (bicyclic) bond motifs is 1. The summed E-state index contributed by atoms with van der Waals surface area (Å²) in [5, 5.41) is 3.68. The lowest BCUT2D eigenvalue weighted by Crippen LogP contribution is -2.37. The van der Waals surface area contributed by atoms with Crippen molar-refractivity contribution >= 4 is 5.69 Å². The molecule has 0 saturated heterocycles. The van der Waals surface area contributed by atoms with Crippen LogP contribution in [0.25, 0.3) is 0 Å². The van der Waals surface area contributed by atoms with Gasteiger partial charge in [-0.25, -0.2) is 0 Å². The van der Waals surface area contributed by atoms with Gasteiger partial charge < -0.3 is 5.32 Å². The van der Waals surface area contributed by atoms with Crippen molar-refractivity contribution in [1.82, 2.24) is 0 Å². The largest absolute Gasteiger partial charge is 0.380 e. The van der Waals surface area contributed by atoms with Crippen molar-refractivity contribution in [2.75, 3.05) is 5.32 Å². The molecule has 0 aromatic heterocycles. The molecule has 2 rings (SSSR count). The molecule has 0 amide bonds. The van der Waals surface area contributed by atoms with E-state index in [-0.39, 0.29) is 5.54 Å². The first-order valence-electron chi connectivity index (χ1n) is 5.79. The maximum atomic E-state index is 3.68. The fourth-order valence-corrected chi connectivity index (χ4v) is 2.89. The van der Waals surface area contributed by atoms with Crippen LogP contribution >= 0.6 is 0 Å². The Balaban J connectivity index is 2.59. The van der Waals surface area contributed by atoms with Crippen molar-refractivity contribution in [1.29, 1.82) is 0 Å². The van der Waals surface area contributed by atoms with Gasteiger partial charge in [0.15, 0.2) is 0 Å². The Morgan fingerprint density at radius 2 is 1.80 bits per heavy atom. The molecular formula is C14H21N. The fourth-order valence-electron chi connectivity index (χ4n) is 2.89. The van der Waals surface area contributed by atoms with Crippen LogP contribution in [0.4, 0.5) is 5.69 Å². The van der Waals surface area contributed by atoms with Gasteiger partial charge in [0.2, 0.25) is 0 Å². The third kappa shape index (κ3) is 1.75. The Hall–Kier alpha value is -0.980. The predicted molar refractivity (Wildman–Crippen MR) is 66.6 cm³/mol. The summed E-state index contributed by atoms with van der Waals surface area (Å²) in [6.45, 7) is 11.3. The summed E-state index contributed by atoms with van der Waals surface area (Å²) in [7, 11) is 0.